The second kappa shape index (κ2) is 14.9. The van der Waals surface area contributed by atoms with E-state index in [9.17, 15) is 4.79 Å². The normalized spacial score (nSPS) is 18.2. The molecule has 1 heterocycles. The van der Waals surface area contributed by atoms with E-state index in [1.807, 2.05) is 86.9 Å². The molecule has 0 saturated heterocycles. The molecule has 3 aromatic rings. The summed E-state index contributed by atoms with van der Waals surface area (Å²) in [6.07, 6.45) is 1.10. The Morgan fingerprint density at radius 3 is 2.29 bits per heavy atom. The van der Waals surface area contributed by atoms with Gasteiger partial charge in [-0.25, -0.2) is 10.4 Å². The van der Waals surface area contributed by atoms with Crippen molar-refractivity contribution < 1.29 is 19.4 Å². The first-order valence-corrected chi connectivity index (χ1v) is 15.2. The van der Waals surface area contributed by atoms with E-state index in [1.54, 1.807) is 0 Å². The van der Waals surface area contributed by atoms with E-state index >= 15 is 0 Å². The first-order valence-electron chi connectivity index (χ1n) is 13.6. The molecular formula is C31H36Br2N4O4. The van der Waals surface area contributed by atoms with Gasteiger partial charge in [0.15, 0.2) is 11.6 Å². The highest BCUT2D eigenvalue weighted by molar-refractivity contribution is 9.10. The summed E-state index contributed by atoms with van der Waals surface area (Å²) in [7, 11) is 4.04. The first kappa shape index (κ1) is 31.2. The zero-order chi connectivity index (χ0) is 29.2. The summed E-state index contributed by atoms with van der Waals surface area (Å²) < 4.78 is 14.1. The smallest absolute Gasteiger partial charge is 0.266 e. The number of halogens is 2. The molecule has 1 amide bonds. The van der Waals surface area contributed by atoms with Gasteiger partial charge in [0.25, 0.3) is 5.91 Å². The second-order valence-electron chi connectivity index (χ2n) is 10.2. The number of hydrogen-bond acceptors (Lipinski definition) is 7. The Hall–Kier alpha value is -2.76. The average molecular weight is 688 g/mol. The molecule has 41 heavy (non-hydrogen) atoms. The van der Waals surface area contributed by atoms with Crippen LogP contribution in [0.2, 0.25) is 0 Å². The number of aliphatic imine (C=N–C) groups is 1. The van der Waals surface area contributed by atoms with Crippen molar-refractivity contribution in [1.82, 2.24) is 15.8 Å². The van der Waals surface area contributed by atoms with Crippen molar-refractivity contribution in [3.63, 3.8) is 0 Å². The first-order chi connectivity index (χ1) is 19.8. The van der Waals surface area contributed by atoms with Crippen molar-refractivity contribution in [2.75, 3.05) is 40.4 Å². The minimum atomic E-state index is -1.28. The third-order valence-electron chi connectivity index (χ3n) is 6.70. The van der Waals surface area contributed by atoms with Crippen molar-refractivity contribution in [3.8, 4) is 5.75 Å². The molecule has 0 spiro atoms. The predicted octanol–water partition coefficient (Wildman–Crippen LogP) is 5.04. The Kier molecular flexibility index (Phi) is 11.4. The van der Waals surface area contributed by atoms with E-state index < -0.39 is 11.6 Å². The Labute approximate surface area is 258 Å². The molecule has 3 N–H and O–H groups in total. The number of hydrogen-bond donors (Lipinski definition) is 3. The highest BCUT2D eigenvalue weighted by Gasteiger charge is 2.53. The molecule has 0 radical (unpaired) electrons. The highest BCUT2D eigenvalue weighted by Crippen LogP contribution is 2.43. The summed E-state index contributed by atoms with van der Waals surface area (Å²) in [6.45, 7) is 2.03. The topological polar surface area (TPSA) is 95.4 Å². The summed E-state index contributed by atoms with van der Waals surface area (Å²) in [4.78, 5) is 21.3. The van der Waals surface area contributed by atoms with Crippen LogP contribution in [0.15, 0.2) is 86.7 Å². The van der Waals surface area contributed by atoms with E-state index in [2.05, 4.69) is 47.6 Å². The van der Waals surface area contributed by atoms with Crippen LogP contribution in [-0.4, -0.2) is 67.7 Å². The lowest BCUT2D eigenvalue weighted by Gasteiger charge is -2.31. The summed E-state index contributed by atoms with van der Waals surface area (Å²) in [5.74, 6) is 0.808. The van der Waals surface area contributed by atoms with Gasteiger partial charge in [0.1, 0.15) is 5.75 Å². The SMILES string of the molecule is CN(C)CCCNNC(=O)[C@@]1(Cc2ccc(Br)cc2)N=C(c2ccc(OCCCO)cc2)O[C@H]1c1ccc(Br)cc1. The minimum absolute atomic E-state index is 0.0766. The number of rotatable bonds is 14. The van der Waals surface area contributed by atoms with Gasteiger partial charge in [0.05, 0.1) is 6.61 Å². The largest absolute Gasteiger partial charge is 0.494 e. The molecule has 0 saturated carbocycles. The van der Waals surface area contributed by atoms with Crippen LogP contribution in [0.5, 0.6) is 5.75 Å². The maximum absolute atomic E-state index is 14.1. The summed E-state index contributed by atoms with van der Waals surface area (Å²) in [5, 5.41) is 9.03. The third kappa shape index (κ3) is 8.39. The molecular weight excluding hydrogens is 652 g/mol. The van der Waals surface area contributed by atoms with Crippen LogP contribution in [0, 0.1) is 0 Å². The predicted molar refractivity (Wildman–Crippen MR) is 168 cm³/mol. The number of carbonyl (C=O) groups excluding carboxylic acids is 1. The van der Waals surface area contributed by atoms with Gasteiger partial charge >= 0.3 is 0 Å². The van der Waals surface area contributed by atoms with Gasteiger partial charge in [-0.1, -0.05) is 56.1 Å². The molecule has 4 rings (SSSR count). The molecule has 8 nitrogen and oxygen atoms in total. The number of ether oxygens (including phenoxy) is 2. The monoisotopic (exact) mass is 686 g/mol. The second-order valence-corrected chi connectivity index (χ2v) is 12.0. The number of benzene rings is 3. The summed E-state index contributed by atoms with van der Waals surface area (Å²) in [6, 6.07) is 23.1. The Morgan fingerprint density at radius 1 is 1.00 bits per heavy atom. The van der Waals surface area contributed by atoms with Gasteiger partial charge in [-0.15, -0.1) is 0 Å². The molecule has 218 valence electrons. The lowest BCUT2D eigenvalue weighted by molar-refractivity contribution is -0.130. The number of carbonyl (C=O) groups is 1. The fourth-order valence-corrected chi connectivity index (χ4v) is 5.10. The summed E-state index contributed by atoms with van der Waals surface area (Å²) in [5.41, 5.74) is 7.31. The third-order valence-corrected chi connectivity index (χ3v) is 7.76. The number of amides is 1. The Balaban J connectivity index is 1.70. The number of hydrazine groups is 1. The van der Waals surface area contributed by atoms with Crippen LogP contribution in [-0.2, 0) is 16.0 Å². The van der Waals surface area contributed by atoms with Gasteiger partial charge in [-0.2, -0.15) is 0 Å². The van der Waals surface area contributed by atoms with E-state index in [-0.39, 0.29) is 12.5 Å². The van der Waals surface area contributed by atoms with Gasteiger partial charge in [-0.3, -0.25) is 10.2 Å². The highest BCUT2D eigenvalue weighted by atomic mass is 79.9. The molecule has 0 aromatic heterocycles. The van der Waals surface area contributed by atoms with Crippen LogP contribution in [0.4, 0.5) is 0 Å². The molecule has 3 aromatic carbocycles. The lowest BCUT2D eigenvalue weighted by atomic mass is 9.82. The fraction of sp³-hybridized carbons (Fsp3) is 0.355. The van der Waals surface area contributed by atoms with Crippen LogP contribution >= 0.6 is 31.9 Å². The molecule has 0 fully saturated rings. The van der Waals surface area contributed by atoms with E-state index in [4.69, 9.17) is 19.6 Å². The Bertz CT molecular complexity index is 1300. The zero-order valence-electron chi connectivity index (χ0n) is 23.3. The molecule has 1 aliphatic heterocycles. The van der Waals surface area contributed by atoms with Crippen LogP contribution in [0.3, 0.4) is 0 Å². The van der Waals surface area contributed by atoms with Crippen LogP contribution in [0.25, 0.3) is 0 Å². The fourth-order valence-electron chi connectivity index (χ4n) is 4.57. The maximum atomic E-state index is 14.1. The molecule has 2 atom stereocenters. The minimum Gasteiger partial charge on any atom is -0.494 e. The van der Waals surface area contributed by atoms with Crippen LogP contribution < -0.4 is 15.6 Å². The molecule has 0 bridgehead atoms. The molecule has 0 aliphatic carbocycles. The number of aliphatic hydroxyl groups excluding tert-OH is 1. The van der Waals surface area contributed by atoms with Gasteiger partial charge in [0, 0.05) is 40.5 Å². The zero-order valence-corrected chi connectivity index (χ0v) is 26.4. The molecule has 0 unspecified atom stereocenters. The lowest BCUT2D eigenvalue weighted by Crippen LogP contribution is -2.54. The van der Waals surface area contributed by atoms with Crippen molar-refractivity contribution in [2.24, 2.45) is 4.99 Å². The number of nitrogens with one attached hydrogen (secondary N) is 2. The summed E-state index contributed by atoms with van der Waals surface area (Å²) >= 11 is 7.02. The van der Waals surface area contributed by atoms with Gasteiger partial charge in [-0.05, 0) is 86.7 Å². The quantitative estimate of drug-likeness (QED) is 0.162. The van der Waals surface area contributed by atoms with E-state index in [1.165, 1.54) is 0 Å². The average Bonchev–Trinajstić information content (AvgIpc) is 3.35. The number of aliphatic hydroxyl groups is 1. The van der Waals surface area contributed by atoms with Crippen molar-refractivity contribution in [3.05, 3.63) is 98.4 Å². The van der Waals surface area contributed by atoms with Gasteiger partial charge < -0.3 is 19.5 Å². The van der Waals surface area contributed by atoms with Crippen LogP contribution in [0.1, 0.15) is 35.6 Å². The standard InChI is InChI=1S/C31H36Br2N4O4/c1-37(2)18-3-17-34-36-30(39)31(21-22-5-11-25(32)12-6-22)28(23-7-13-26(33)14-8-23)41-29(35-31)24-9-15-27(16-10-24)40-20-4-19-38/h5-16,28,34,38H,3-4,17-21H2,1-2H3,(H,36,39)/t28-,31-/m0/s1. The Morgan fingerprint density at radius 2 is 1.66 bits per heavy atom. The van der Waals surface area contributed by atoms with E-state index in [0.717, 1.165) is 38.6 Å². The van der Waals surface area contributed by atoms with E-state index in [0.29, 0.717) is 37.6 Å². The number of nitrogens with zero attached hydrogens (tertiary/aromatic N) is 2. The van der Waals surface area contributed by atoms with Crippen molar-refractivity contribution >= 4 is 43.7 Å². The van der Waals surface area contributed by atoms with Gasteiger partial charge in [0.2, 0.25) is 5.90 Å². The molecule has 10 heteroatoms. The molecule has 1 aliphatic rings. The van der Waals surface area contributed by atoms with Crippen molar-refractivity contribution in [2.45, 2.75) is 30.9 Å². The van der Waals surface area contributed by atoms with Crippen molar-refractivity contribution in [1.29, 1.82) is 0 Å². The maximum Gasteiger partial charge on any atom is 0.266 e.